The number of fused-ring (bicyclic) bond motifs is 1. The summed E-state index contributed by atoms with van der Waals surface area (Å²) in [4.78, 5) is 1.04. The van der Waals surface area contributed by atoms with E-state index in [-0.39, 0.29) is 0 Å². The maximum absolute atomic E-state index is 10.2. The Kier molecular flexibility index (Phi) is 4.76. The number of hydrogen-bond donors (Lipinski definition) is 1. The van der Waals surface area contributed by atoms with Crippen LogP contribution in [0.2, 0.25) is 0 Å². The number of benzene rings is 1. The lowest BCUT2D eigenvalue weighted by molar-refractivity contribution is 0.117. The average Bonchev–Trinajstić information content (AvgIpc) is 3.10. The minimum atomic E-state index is -0.586. The van der Waals surface area contributed by atoms with Crippen molar-refractivity contribution in [2.24, 2.45) is 5.10 Å². The molecule has 1 aliphatic heterocycles. The number of nitrogens with zero attached hydrogens (tertiary/aromatic N) is 2. The van der Waals surface area contributed by atoms with Gasteiger partial charge in [-0.05, 0) is 37.3 Å². The van der Waals surface area contributed by atoms with Gasteiger partial charge in [0.1, 0.15) is 5.71 Å². The van der Waals surface area contributed by atoms with E-state index >= 15 is 0 Å². The molecule has 2 atom stereocenters. The van der Waals surface area contributed by atoms with Crippen molar-refractivity contribution in [1.29, 1.82) is 0 Å². The van der Waals surface area contributed by atoms with Crippen molar-refractivity contribution in [3.05, 3.63) is 35.2 Å². The number of hydrazone groups is 1. The van der Waals surface area contributed by atoms with Gasteiger partial charge in [0, 0.05) is 18.4 Å². The quantitative estimate of drug-likeness (QED) is 0.862. The van der Waals surface area contributed by atoms with Crippen LogP contribution in [0.25, 0.3) is 10.1 Å². The normalized spacial score (nSPS) is 20.8. The number of methoxy groups -OCH3 is 1. The topological polar surface area (TPSA) is 45.1 Å². The van der Waals surface area contributed by atoms with Gasteiger partial charge in [0.05, 0.1) is 23.6 Å². The number of rotatable bonds is 5. The molecule has 1 saturated heterocycles. The summed E-state index contributed by atoms with van der Waals surface area (Å²) in [5.74, 6) is 0. The van der Waals surface area contributed by atoms with Crippen LogP contribution < -0.4 is 0 Å². The van der Waals surface area contributed by atoms with Crippen LogP contribution >= 0.6 is 11.3 Å². The summed E-state index contributed by atoms with van der Waals surface area (Å²) in [6.07, 6.45) is 1.63. The van der Waals surface area contributed by atoms with Gasteiger partial charge >= 0.3 is 0 Å². The molecule has 0 spiro atoms. The van der Waals surface area contributed by atoms with Gasteiger partial charge < -0.3 is 9.84 Å². The molecule has 0 unspecified atom stereocenters. The zero-order chi connectivity index (χ0) is 15.5. The maximum atomic E-state index is 10.2. The molecule has 2 heterocycles. The predicted molar refractivity (Wildman–Crippen MR) is 91.6 cm³/mol. The first-order valence-corrected chi connectivity index (χ1v) is 8.52. The fraction of sp³-hybridized carbons (Fsp3) is 0.471. The van der Waals surface area contributed by atoms with Crippen LogP contribution in [0.3, 0.4) is 0 Å². The van der Waals surface area contributed by atoms with E-state index in [1.165, 1.54) is 10.1 Å². The molecule has 1 N–H and O–H groups in total. The summed E-state index contributed by atoms with van der Waals surface area (Å²) in [6, 6.07) is 10.7. The van der Waals surface area contributed by atoms with E-state index in [0.717, 1.165) is 30.0 Å². The van der Waals surface area contributed by atoms with Crippen molar-refractivity contribution in [1.82, 2.24) is 5.01 Å². The molecule has 0 amide bonds. The molecule has 0 saturated carbocycles. The van der Waals surface area contributed by atoms with Crippen LogP contribution in [-0.4, -0.2) is 48.2 Å². The molecule has 5 heteroatoms. The van der Waals surface area contributed by atoms with Crippen LogP contribution in [0, 0.1) is 0 Å². The Morgan fingerprint density at radius 2 is 2.32 bits per heavy atom. The molecule has 0 radical (unpaired) electrons. The molecule has 3 rings (SSSR count). The minimum absolute atomic E-state index is 0.313. The van der Waals surface area contributed by atoms with Gasteiger partial charge in [0.2, 0.25) is 0 Å². The molecule has 4 nitrogen and oxygen atoms in total. The molecule has 118 valence electrons. The van der Waals surface area contributed by atoms with Crippen LogP contribution in [-0.2, 0) is 4.74 Å². The molecule has 1 aromatic carbocycles. The van der Waals surface area contributed by atoms with Crippen LogP contribution in [0.5, 0.6) is 0 Å². The summed E-state index contributed by atoms with van der Waals surface area (Å²) in [6.45, 7) is 3.39. The highest BCUT2D eigenvalue weighted by atomic mass is 32.1. The summed E-state index contributed by atoms with van der Waals surface area (Å²) in [5.41, 5.74) is 0.754. The molecule has 1 aromatic heterocycles. The molecule has 1 fully saturated rings. The van der Waals surface area contributed by atoms with Gasteiger partial charge in [-0.3, -0.25) is 5.01 Å². The van der Waals surface area contributed by atoms with Gasteiger partial charge in [0.15, 0.2) is 0 Å². The number of ether oxygens (including phenoxy) is 1. The standard InChI is InChI=1S/C17H22N2O2S/c1-12(20)17(18-19-9-5-7-14(19)11-21-2)16-10-13-6-3-4-8-15(13)22-16/h3-4,6,8,10,12,14,20H,5,7,9,11H2,1-2H3/b18-17+/t12-,14+/m1/s1. The highest BCUT2D eigenvalue weighted by molar-refractivity contribution is 7.21. The second-order valence-corrected chi connectivity index (χ2v) is 6.81. The van der Waals surface area contributed by atoms with E-state index in [1.807, 2.05) is 12.1 Å². The van der Waals surface area contributed by atoms with Crippen molar-refractivity contribution in [2.45, 2.75) is 31.9 Å². The number of aliphatic hydroxyl groups excluding tert-OH is 1. The monoisotopic (exact) mass is 318 g/mol. The molecule has 22 heavy (non-hydrogen) atoms. The third kappa shape index (κ3) is 3.16. The lowest BCUT2D eigenvalue weighted by Gasteiger charge is -2.22. The highest BCUT2D eigenvalue weighted by Crippen LogP contribution is 2.28. The van der Waals surface area contributed by atoms with Gasteiger partial charge in [-0.2, -0.15) is 5.10 Å². The largest absolute Gasteiger partial charge is 0.387 e. The highest BCUT2D eigenvalue weighted by Gasteiger charge is 2.25. The Morgan fingerprint density at radius 3 is 3.05 bits per heavy atom. The van der Waals surface area contributed by atoms with E-state index < -0.39 is 6.10 Å². The average molecular weight is 318 g/mol. The third-order valence-electron chi connectivity index (χ3n) is 4.01. The van der Waals surface area contributed by atoms with Crippen LogP contribution in [0.15, 0.2) is 35.4 Å². The lowest BCUT2D eigenvalue weighted by atomic mass is 10.2. The number of thiophene rings is 1. The first-order valence-electron chi connectivity index (χ1n) is 7.70. The molecule has 2 aromatic rings. The Balaban J connectivity index is 1.93. The fourth-order valence-corrected chi connectivity index (χ4v) is 4.03. The van der Waals surface area contributed by atoms with Crippen molar-refractivity contribution in [2.75, 3.05) is 20.3 Å². The second kappa shape index (κ2) is 6.77. The number of aliphatic hydroxyl groups is 1. The van der Waals surface area contributed by atoms with Gasteiger partial charge in [0.25, 0.3) is 0 Å². The Hall–Kier alpha value is -1.43. The van der Waals surface area contributed by atoms with Crippen LogP contribution in [0.1, 0.15) is 24.6 Å². The summed E-state index contributed by atoms with van der Waals surface area (Å²) < 4.78 is 6.50. The Morgan fingerprint density at radius 1 is 1.50 bits per heavy atom. The number of hydrogen-bond acceptors (Lipinski definition) is 5. The van der Waals surface area contributed by atoms with E-state index in [4.69, 9.17) is 9.84 Å². The SMILES string of the molecule is COC[C@@H]1CCCN1/N=C(/c1cc2ccccc2s1)[C@@H](C)O. The molecular formula is C17H22N2O2S. The molecule has 1 aliphatic rings. The first kappa shape index (κ1) is 15.5. The lowest BCUT2D eigenvalue weighted by Crippen LogP contribution is -2.31. The van der Waals surface area contributed by atoms with Crippen molar-refractivity contribution >= 4 is 27.1 Å². The first-order chi connectivity index (χ1) is 10.7. The van der Waals surface area contributed by atoms with Crippen LogP contribution in [0.4, 0.5) is 0 Å². The Labute approximate surface area is 135 Å². The van der Waals surface area contributed by atoms with Gasteiger partial charge in [-0.1, -0.05) is 18.2 Å². The minimum Gasteiger partial charge on any atom is -0.387 e. The maximum Gasteiger partial charge on any atom is 0.106 e. The third-order valence-corrected chi connectivity index (χ3v) is 5.15. The van der Waals surface area contributed by atoms with Crippen molar-refractivity contribution < 1.29 is 9.84 Å². The smallest absolute Gasteiger partial charge is 0.106 e. The summed E-state index contributed by atoms with van der Waals surface area (Å²) >= 11 is 1.68. The Bertz CT molecular complexity index is 632. The van der Waals surface area contributed by atoms with E-state index in [1.54, 1.807) is 25.4 Å². The zero-order valence-corrected chi connectivity index (χ0v) is 13.8. The molecule has 0 bridgehead atoms. The molecule has 0 aliphatic carbocycles. The van der Waals surface area contributed by atoms with Gasteiger partial charge in [-0.15, -0.1) is 11.3 Å². The fourth-order valence-electron chi connectivity index (χ4n) is 2.90. The second-order valence-electron chi connectivity index (χ2n) is 5.72. The van der Waals surface area contributed by atoms with E-state index in [0.29, 0.717) is 12.6 Å². The predicted octanol–water partition coefficient (Wildman–Crippen LogP) is 3.10. The summed E-state index contributed by atoms with van der Waals surface area (Å²) in [7, 11) is 1.72. The van der Waals surface area contributed by atoms with Gasteiger partial charge in [-0.25, -0.2) is 0 Å². The van der Waals surface area contributed by atoms with Crippen molar-refractivity contribution in [3.63, 3.8) is 0 Å². The van der Waals surface area contributed by atoms with E-state index in [2.05, 4.69) is 23.2 Å². The summed E-state index contributed by atoms with van der Waals surface area (Å²) in [5, 5.41) is 18.2. The zero-order valence-electron chi connectivity index (χ0n) is 13.0. The molecular weight excluding hydrogens is 296 g/mol. The van der Waals surface area contributed by atoms with Crippen molar-refractivity contribution in [3.8, 4) is 0 Å². The van der Waals surface area contributed by atoms with E-state index in [9.17, 15) is 5.11 Å².